The van der Waals surface area contributed by atoms with Gasteiger partial charge in [-0.1, -0.05) is 12.1 Å². The maximum absolute atomic E-state index is 13.2. The quantitative estimate of drug-likeness (QED) is 0.785. The highest BCUT2D eigenvalue weighted by Crippen LogP contribution is 2.25. The normalized spacial score (nSPS) is 10.6. The van der Waals surface area contributed by atoms with Crippen LogP contribution < -0.4 is 10.1 Å². The predicted molar refractivity (Wildman–Crippen MR) is 82.0 cm³/mol. The summed E-state index contributed by atoms with van der Waals surface area (Å²) in [5, 5.41) is 5.53. The van der Waals surface area contributed by atoms with Crippen molar-refractivity contribution in [2.75, 3.05) is 12.4 Å². The van der Waals surface area contributed by atoms with Gasteiger partial charge in [-0.2, -0.15) is 0 Å². The van der Waals surface area contributed by atoms with Crippen LogP contribution in [0, 0.1) is 5.82 Å². The van der Waals surface area contributed by atoms with Crippen LogP contribution in [0.25, 0.3) is 10.8 Å². The Labute approximate surface area is 122 Å². The molecule has 0 fully saturated rings. The van der Waals surface area contributed by atoms with Crippen molar-refractivity contribution >= 4 is 16.5 Å². The van der Waals surface area contributed by atoms with E-state index >= 15 is 0 Å². The molecule has 3 aromatic rings. The molecule has 0 amide bonds. The van der Waals surface area contributed by atoms with Crippen molar-refractivity contribution in [2.45, 2.75) is 6.54 Å². The van der Waals surface area contributed by atoms with Gasteiger partial charge in [-0.15, -0.1) is 0 Å². The minimum atomic E-state index is -0.310. The molecule has 2 aromatic carbocycles. The Morgan fingerprint density at radius 1 is 1.10 bits per heavy atom. The number of nitrogens with one attached hydrogen (secondary N) is 1. The summed E-state index contributed by atoms with van der Waals surface area (Å²) in [6, 6.07) is 12.6. The summed E-state index contributed by atoms with van der Waals surface area (Å²) < 4.78 is 18.3. The van der Waals surface area contributed by atoms with Gasteiger partial charge in [0.05, 0.1) is 12.8 Å². The summed E-state index contributed by atoms with van der Waals surface area (Å²) in [5.74, 6) is 0.190. The minimum Gasteiger partial charge on any atom is -0.494 e. The highest BCUT2D eigenvalue weighted by atomic mass is 19.1. The van der Waals surface area contributed by atoms with Crippen molar-refractivity contribution in [3.8, 4) is 5.75 Å². The molecule has 0 aliphatic rings. The van der Waals surface area contributed by atoms with E-state index in [2.05, 4.69) is 16.4 Å². The summed E-state index contributed by atoms with van der Waals surface area (Å²) in [4.78, 5) is 4.10. The van der Waals surface area contributed by atoms with E-state index in [0.29, 0.717) is 12.3 Å². The lowest BCUT2D eigenvalue weighted by Crippen LogP contribution is -2.01. The number of nitrogens with zero attached hydrogens (tertiary/aromatic N) is 1. The highest BCUT2D eigenvalue weighted by Gasteiger charge is 2.04. The number of ether oxygens (including phenoxy) is 1. The number of rotatable bonds is 4. The summed E-state index contributed by atoms with van der Waals surface area (Å²) in [6.45, 7) is 0.639. The van der Waals surface area contributed by atoms with Crippen molar-refractivity contribution in [1.82, 2.24) is 4.98 Å². The first-order chi connectivity index (χ1) is 10.3. The zero-order valence-corrected chi connectivity index (χ0v) is 11.6. The summed E-state index contributed by atoms with van der Waals surface area (Å²) in [5.41, 5.74) is 1.91. The molecule has 0 radical (unpaired) electrons. The van der Waals surface area contributed by atoms with Gasteiger partial charge in [-0.25, -0.2) is 4.39 Å². The molecule has 0 aliphatic heterocycles. The molecule has 0 unspecified atom stereocenters. The topological polar surface area (TPSA) is 34.1 Å². The summed E-state index contributed by atoms with van der Waals surface area (Å²) >= 11 is 0. The first-order valence-electron chi connectivity index (χ1n) is 6.66. The number of pyridine rings is 1. The first-order valence-corrected chi connectivity index (χ1v) is 6.66. The van der Waals surface area contributed by atoms with Crippen LogP contribution in [-0.4, -0.2) is 12.1 Å². The number of benzene rings is 2. The number of hydrogen-bond donors (Lipinski definition) is 1. The molecule has 0 spiro atoms. The SMILES string of the molecule is COc1cc(F)ccc1NCc1ccc2cnccc2c1. The van der Waals surface area contributed by atoms with Gasteiger partial charge in [0.1, 0.15) is 11.6 Å². The molecular weight excluding hydrogens is 267 g/mol. The number of anilines is 1. The second-order valence-electron chi connectivity index (χ2n) is 4.76. The predicted octanol–water partition coefficient (Wildman–Crippen LogP) is 3.99. The van der Waals surface area contributed by atoms with Crippen LogP contribution in [0.3, 0.4) is 0 Å². The summed E-state index contributed by atoms with van der Waals surface area (Å²) in [7, 11) is 1.53. The Morgan fingerprint density at radius 3 is 2.86 bits per heavy atom. The highest BCUT2D eigenvalue weighted by molar-refractivity contribution is 5.82. The van der Waals surface area contributed by atoms with Crippen LogP contribution in [0.1, 0.15) is 5.56 Å². The molecule has 0 atom stereocenters. The van der Waals surface area contributed by atoms with E-state index in [9.17, 15) is 4.39 Å². The van der Waals surface area contributed by atoms with E-state index in [1.54, 1.807) is 12.3 Å². The molecule has 4 heteroatoms. The monoisotopic (exact) mass is 282 g/mol. The molecule has 1 heterocycles. The Hall–Kier alpha value is -2.62. The van der Waals surface area contributed by atoms with Crippen molar-refractivity contribution in [1.29, 1.82) is 0 Å². The molecule has 1 aromatic heterocycles. The molecule has 0 bridgehead atoms. The third kappa shape index (κ3) is 2.94. The maximum atomic E-state index is 13.2. The number of hydrogen-bond acceptors (Lipinski definition) is 3. The average molecular weight is 282 g/mol. The van der Waals surface area contributed by atoms with Gasteiger partial charge in [0.25, 0.3) is 0 Å². The van der Waals surface area contributed by atoms with Crippen molar-refractivity contribution in [3.05, 3.63) is 66.2 Å². The molecule has 0 saturated heterocycles. The van der Waals surface area contributed by atoms with Crippen LogP contribution in [0.2, 0.25) is 0 Å². The van der Waals surface area contributed by atoms with Gasteiger partial charge in [-0.05, 0) is 35.2 Å². The lowest BCUT2D eigenvalue weighted by atomic mass is 10.1. The lowest BCUT2D eigenvalue weighted by molar-refractivity contribution is 0.413. The number of halogens is 1. The van der Waals surface area contributed by atoms with Gasteiger partial charge in [0, 0.05) is 30.4 Å². The lowest BCUT2D eigenvalue weighted by Gasteiger charge is -2.11. The first kappa shape index (κ1) is 13.4. The van der Waals surface area contributed by atoms with E-state index in [0.717, 1.165) is 22.0 Å². The Kier molecular flexibility index (Phi) is 3.69. The molecule has 3 rings (SSSR count). The van der Waals surface area contributed by atoms with Crippen molar-refractivity contribution in [2.24, 2.45) is 0 Å². The molecule has 3 nitrogen and oxygen atoms in total. The minimum absolute atomic E-state index is 0.310. The summed E-state index contributed by atoms with van der Waals surface area (Å²) in [6.07, 6.45) is 3.62. The van der Waals surface area contributed by atoms with Crippen molar-refractivity contribution < 1.29 is 9.13 Å². The van der Waals surface area contributed by atoms with Crippen LogP contribution in [-0.2, 0) is 6.54 Å². The Morgan fingerprint density at radius 2 is 2.00 bits per heavy atom. The number of fused-ring (bicyclic) bond motifs is 1. The molecule has 21 heavy (non-hydrogen) atoms. The van der Waals surface area contributed by atoms with Gasteiger partial charge >= 0.3 is 0 Å². The zero-order chi connectivity index (χ0) is 14.7. The fourth-order valence-electron chi connectivity index (χ4n) is 2.25. The molecular formula is C17H15FN2O. The van der Waals surface area contributed by atoms with Crippen molar-refractivity contribution in [3.63, 3.8) is 0 Å². The van der Waals surface area contributed by atoms with Crippen LogP contribution in [0.15, 0.2) is 54.9 Å². The largest absolute Gasteiger partial charge is 0.494 e. The number of methoxy groups -OCH3 is 1. The van der Waals surface area contributed by atoms with Gasteiger partial charge < -0.3 is 10.1 Å². The number of aromatic nitrogens is 1. The molecule has 1 N–H and O–H groups in total. The smallest absolute Gasteiger partial charge is 0.144 e. The fraction of sp³-hybridized carbons (Fsp3) is 0.118. The third-order valence-corrected chi connectivity index (χ3v) is 3.35. The fourth-order valence-corrected chi connectivity index (χ4v) is 2.25. The van der Waals surface area contributed by atoms with Crippen LogP contribution in [0.4, 0.5) is 10.1 Å². The van der Waals surface area contributed by atoms with E-state index in [1.165, 1.54) is 19.2 Å². The van der Waals surface area contributed by atoms with E-state index in [1.807, 2.05) is 24.4 Å². The van der Waals surface area contributed by atoms with Gasteiger partial charge in [0.2, 0.25) is 0 Å². The molecule has 0 aliphatic carbocycles. The maximum Gasteiger partial charge on any atom is 0.144 e. The molecule has 106 valence electrons. The third-order valence-electron chi connectivity index (χ3n) is 3.35. The van der Waals surface area contributed by atoms with Gasteiger partial charge in [0.15, 0.2) is 0 Å². The van der Waals surface area contributed by atoms with E-state index in [-0.39, 0.29) is 5.82 Å². The second-order valence-corrected chi connectivity index (χ2v) is 4.76. The average Bonchev–Trinajstić information content (AvgIpc) is 2.53. The van der Waals surface area contributed by atoms with E-state index in [4.69, 9.17) is 4.74 Å². The standard InChI is InChI=1S/C17H15FN2O/c1-21-17-9-15(18)4-5-16(17)20-10-12-2-3-14-11-19-7-6-13(14)8-12/h2-9,11,20H,10H2,1H3. The van der Waals surface area contributed by atoms with E-state index < -0.39 is 0 Å². The van der Waals surface area contributed by atoms with Crippen LogP contribution >= 0.6 is 0 Å². The zero-order valence-electron chi connectivity index (χ0n) is 11.6. The Balaban J connectivity index is 1.80. The Bertz CT molecular complexity index is 774. The van der Waals surface area contributed by atoms with Crippen LogP contribution in [0.5, 0.6) is 5.75 Å². The molecule has 0 saturated carbocycles. The second kappa shape index (κ2) is 5.79. The van der Waals surface area contributed by atoms with Gasteiger partial charge in [-0.3, -0.25) is 4.98 Å².